The van der Waals surface area contributed by atoms with E-state index in [9.17, 15) is 4.79 Å². The minimum Gasteiger partial charge on any atom is -0.373 e. The van der Waals surface area contributed by atoms with Gasteiger partial charge in [-0.15, -0.1) is 0 Å². The van der Waals surface area contributed by atoms with E-state index in [1.54, 1.807) is 18.7 Å². The Labute approximate surface area is 135 Å². The van der Waals surface area contributed by atoms with Crippen molar-refractivity contribution in [2.24, 2.45) is 5.92 Å². The average Bonchev–Trinajstić information content (AvgIpc) is 3.27. The monoisotopic (exact) mass is 317 g/mol. The predicted octanol–water partition coefficient (Wildman–Crippen LogP) is 1.38. The number of hydrogen-bond donors (Lipinski definition) is 1. The molecule has 0 bridgehead atoms. The van der Waals surface area contributed by atoms with Crippen molar-refractivity contribution in [3.8, 4) is 0 Å². The van der Waals surface area contributed by atoms with Crippen molar-refractivity contribution < 1.29 is 9.53 Å². The third-order valence-corrected chi connectivity index (χ3v) is 4.17. The van der Waals surface area contributed by atoms with Gasteiger partial charge in [0.1, 0.15) is 0 Å². The Morgan fingerprint density at radius 3 is 3.13 bits per heavy atom. The fourth-order valence-corrected chi connectivity index (χ4v) is 2.99. The minimum absolute atomic E-state index is 0.0383. The van der Waals surface area contributed by atoms with Crippen LogP contribution in [0.5, 0.6) is 0 Å². The van der Waals surface area contributed by atoms with E-state index < -0.39 is 0 Å². The Balaban J connectivity index is 1.61. The summed E-state index contributed by atoms with van der Waals surface area (Å²) in [5.74, 6) is -0.112. The lowest BCUT2D eigenvalue weighted by molar-refractivity contribution is -0.127. The summed E-state index contributed by atoms with van der Waals surface area (Å²) in [4.78, 5) is 16.6. The smallest absolute Gasteiger partial charge is 0.226 e. The molecule has 124 valence electrons. The summed E-state index contributed by atoms with van der Waals surface area (Å²) in [5, 5.41) is 7.36. The number of aromatic nitrogens is 4. The molecule has 3 heterocycles. The van der Waals surface area contributed by atoms with Gasteiger partial charge in [0.25, 0.3) is 0 Å². The average molecular weight is 317 g/mol. The normalized spacial score (nSPS) is 22.2. The molecule has 1 fully saturated rings. The van der Waals surface area contributed by atoms with Gasteiger partial charge in [0, 0.05) is 49.9 Å². The first-order chi connectivity index (χ1) is 11.2. The van der Waals surface area contributed by atoms with Crippen LogP contribution in [0.4, 0.5) is 0 Å². The first-order valence-corrected chi connectivity index (χ1v) is 8.07. The number of carbonyl (C=O) groups is 1. The predicted molar refractivity (Wildman–Crippen MR) is 84.5 cm³/mol. The second-order valence-electron chi connectivity index (χ2n) is 5.99. The van der Waals surface area contributed by atoms with Crippen LogP contribution in [-0.4, -0.2) is 37.9 Å². The molecule has 1 amide bonds. The van der Waals surface area contributed by atoms with Gasteiger partial charge in [-0.25, -0.2) is 4.98 Å². The zero-order valence-electron chi connectivity index (χ0n) is 13.6. The Hall–Kier alpha value is -2.15. The summed E-state index contributed by atoms with van der Waals surface area (Å²) in [7, 11) is 0. The molecule has 0 aromatic carbocycles. The molecule has 1 aliphatic rings. The first kappa shape index (κ1) is 15.7. The highest BCUT2D eigenvalue weighted by Gasteiger charge is 2.36. The number of ether oxygens (including phenoxy) is 1. The van der Waals surface area contributed by atoms with Gasteiger partial charge in [0.05, 0.1) is 24.5 Å². The van der Waals surface area contributed by atoms with Crippen LogP contribution in [0.25, 0.3) is 0 Å². The summed E-state index contributed by atoms with van der Waals surface area (Å²) >= 11 is 0. The molecule has 2 aromatic heterocycles. The van der Waals surface area contributed by atoms with Crippen molar-refractivity contribution in [1.82, 2.24) is 24.6 Å². The van der Waals surface area contributed by atoms with Gasteiger partial charge < -0.3 is 14.6 Å². The topological polar surface area (TPSA) is 74.0 Å². The number of carbonyl (C=O) groups excluding carboxylic acids is 1. The van der Waals surface area contributed by atoms with Gasteiger partial charge in [-0.3, -0.25) is 9.48 Å². The molecule has 0 unspecified atom stereocenters. The van der Waals surface area contributed by atoms with Gasteiger partial charge in [-0.05, 0) is 20.3 Å². The highest BCUT2D eigenvalue weighted by atomic mass is 16.5. The van der Waals surface area contributed by atoms with E-state index in [0.29, 0.717) is 13.2 Å². The number of hydrogen-bond acceptors (Lipinski definition) is 4. The Bertz CT molecular complexity index is 637. The van der Waals surface area contributed by atoms with Crippen molar-refractivity contribution >= 4 is 5.91 Å². The van der Waals surface area contributed by atoms with Crippen LogP contribution in [-0.2, 0) is 22.6 Å². The lowest BCUT2D eigenvalue weighted by Gasteiger charge is -2.20. The third-order valence-electron chi connectivity index (χ3n) is 4.17. The maximum atomic E-state index is 12.6. The molecule has 1 aliphatic heterocycles. The maximum absolute atomic E-state index is 12.6. The lowest BCUT2D eigenvalue weighted by atomic mass is 9.96. The number of imidazole rings is 1. The number of nitrogens with zero attached hydrogens (tertiary/aromatic N) is 4. The molecule has 3 atom stereocenters. The van der Waals surface area contributed by atoms with E-state index >= 15 is 0 Å². The summed E-state index contributed by atoms with van der Waals surface area (Å²) in [6, 6.07) is 0.0383. The Kier molecular flexibility index (Phi) is 4.76. The molecule has 0 radical (unpaired) electrons. The van der Waals surface area contributed by atoms with Gasteiger partial charge >= 0.3 is 0 Å². The summed E-state index contributed by atoms with van der Waals surface area (Å²) in [6.45, 7) is 6.16. The van der Waals surface area contributed by atoms with Gasteiger partial charge in [-0.1, -0.05) is 0 Å². The van der Waals surface area contributed by atoms with Crippen LogP contribution in [0.3, 0.4) is 0 Å². The van der Waals surface area contributed by atoms with E-state index in [0.717, 1.165) is 18.5 Å². The first-order valence-electron chi connectivity index (χ1n) is 8.07. The SMILES string of the molecule is CCn1cc([C@H]2OCC[C@@H]2C(=O)N[C@H](C)Cn2ccnc2)cn1. The third kappa shape index (κ3) is 3.61. The van der Waals surface area contributed by atoms with Gasteiger partial charge in [0.15, 0.2) is 0 Å². The molecule has 1 saturated heterocycles. The van der Waals surface area contributed by atoms with E-state index in [-0.39, 0.29) is 24.0 Å². The van der Waals surface area contributed by atoms with Gasteiger partial charge in [-0.2, -0.15) is 5.10 Å². The summed E-state index contributed by atoms with van der Waals surface area (Å²) < 4.78 is 9.60. The van der Waals surface area contributed by atoms with Crippen LogP contribution < -0.4 is 5.32 Å². The molecule has 7 nitrogen and oxygen atoms in total. The van der Waals surface area contributed by atoms with Crippen molar-refractivity contribution in [3.05, 3.63) is 36.7 Å². The van der Waals surface area contributed by atoms with Crippen molar-refractivity contribution in [2.75, 3.05) is 6.61 Å². The number of rotatable bonds is 6. The van der Waals surface area contributed by atoms with Crippen LogP contribution in [0.15, 0.2) is 31.1 Å². The zero-order valence-corrected chi connectivity index (χ0v) is 13.6. The second kappa shape index (κ2) is 6.95. The molecule has 0 spiro atoms. The molecule has 3 rings (SSSR count). The van der Waals surface area contributed by atoms with E-state index in [2.05, 4.69) is 15.4 Å². The van der Waals surface area contributed by atoms with Crippen LogP contribution in [0, 0.1) is 5.92 Å². The highest BCUT2D eigenvalue weighted by Crippen LogP contribution is 2.34. The molecular formula is C16H23N5O2. The fourth-order valence-electron chi connectivity index (χ4n) is 2.99. The number of amides is 1. The Morgan fingerprint density at radius 1 is 1.57 bits per heavy atom. The Morgan fingerprint density at radius 2 is 2.43 bits per heavy atom. The molecule has 0 aliphatic carbocycles. The molecule has 2 aromatic rings. The van der Waals surface area contributed by atoms with Crippen molar-refractivity contribution in [2.45, 2.75) is 45.5 Å². The van der Waals surface area contributed by atoms with E-state index in [1.165, 1.54) is 0 Å². The molecular weight excluding hydrogens is 294 g/mol. The van der Waals surface area contributed by atoms with E-state index in [1.807, 2.05) is 35.5 Å². The zero-order chi connectivity index (χ0) is 16.2. The highest BCUT2D eigenvalue weighted by molar-refractivity contribution is 5.80. The fraction of sp³-hybridized carbons (Fsp3) is 0.562. The van der Waals surface area contributed by atoms with Crippen LogP contribution >= 0.6 is 0 Å². The lowest BCUT2D eigenvalue weighted by Crippen LogP contribution is -2.40. The maximum Gasteiger partial charge on any atom is 0.226 e. The largest absolute Gasteiger partial charge is 0.373 e. The quantitative estimate of drug-likeness (QED) is 0.873. The molecule has 7 heteroatoms. The number of nitrogens with one attached hydrogen (secondary N) is 1. The summed E-state index contributed by atoms with van der Waals surface area (Å²) in [6.07, 6.45) is 9.69. The molecule has 1 N–H and O–H groups in total. The standard InChI is InChI=1S/C16H23N5O2/c1-3-21-10-13(8-18-21)15-14(4-7-23-15)16(22)19-12(2)9-20-6-5-17-11-20/h5-6,8,10-12,14-15H,3-4,7,9H2,1-2H3,(H,19,22)/t12-,14+,15-/m1/s1. The van der Waals surface area contributed by atoms with Gasteiger partial charge in [0.2, 0.25) is 5.91 Å². The molecule has 23 heavy (non-hydrogen) atoms. The molecule has 0 saturated carbocycles. The van der Waals surface area contributed by atoms with Crippen molar-refractivity contribution in [1.29, 1.82) is 0 Å². The van der Waals surface area contributed by atoms with Crippen molar-refractivity contribution in [3.63, 3.8) is 0 Å². The summed E-state index contributed by atoms with van der Waals surface area (Å²) in [5.41, 5.74) is 0.978. The minimum atomic E-state index is -0.198. The van der Waals surface area contributed by atoms with E-state index in [4.69, 9.17) is 4.74 Å². The van der Waals surface area contributed by atoms with Crippen LogP contribution in [0.2, 0.25) is 0 Å². The van der Waals surface area contributed by atoms with Crippen LogP contribution in [0.1, 0.15) is 31.9 Å². The number of aryl methyl sites for hydroxylation is 1. The second-order valence-corrected chi connectivity index (χ2v) is 5.99.